The van der Waals surface area contributed by atoms with Crippen molar-refractivity contribution < 1.29 is 5.11 Å². The van der Waals surface area contributed by atoms with E-state index in [1.165, 1.54) is 12.8 Å². The molecule has 0 spiro atoms. The van der Waals surface area contributed by atoms with E-state index in [1.807, 2.05) is 12.1 Å². The Bertz CT molecular complexity index is 376. The molecule has 0 aromatic heterocycles. The first-order valence-electron chi connectivity index (χ1n) is 5.53. The molecule has 0 amide bonds. The highest BCUT2D eigenvalue weighted by Gasteiger charge is 2.49. The van der Waals surface area contributed by atoms with E-state index in [4.69, 9.17) is 5.73 Å². The average molecular weight is 204 g/mol. The molecule has 3 atom stereocenters. The zero-order valence-electron chi connectivity index (χ0n) is 8.61. The quantitative estimate of drug-likeness (QED) is 0.641. The lowest BCUT2D eigenvalue weighted by molar-refractivity contribution is 0.342. The van der Waals surface area contributed by atoms with E-state index in [-0.39, 0.29) is 5.54 Å². The topological polar surface area (TPSA) is 58.3 Å². The standard InChI is InChI=1S/C12H16N2O/c13-12(7-9-3-6-11(12)14-9)8-1-4-10(15)5-2-8/h1-2,4-5,9,11,14-15H,3,6-7,13H2. The molecule has 0 aliphatic carbocycles. The molecule has 2 bridgehead atoms. The molecule has 2 heterocycles. The second kappa shape index (κ2) is 2.97. The van der Waals surface area contributed by atoms with E-state index in [0.717, 1.165) is 12.0 Å². The molecule has 15 heavy (non-hydrogen) atoms. The van der Waals surface area contributed by atoms with Crippen molar-refractivity contribution in [3.63, 3.8) is 0 Å². The maximum Gasteiger partial charge on any atom is 0.115 e. The van der Waals surface area contributed by atoms with Gasteiger partial charge in [-0.1, -0.05) is 12.1 Å². The number of fused-ring (bicyclic) bond motifs is 2. The molecule has 1 aromatic rings. The van der Waals surface area contributed by atoms with Crippen LogP contribution in [-0.2, 0) is 5.54 Å². The third-order valence-electron chi connectivity index (χ3n) is 3.85. The first-order chi connectivity index (χ1) is 7.18. The van der Waals surface area contributed by atoms with Crippen LogP contribution in [0.15, 0.2) is 24.3 Å². The van der Waals surface area contributed by atoms with Crippen LogP contribution >= 0.6 is 0 Å². The molecule has 2 fully saturated rings. The second-order valence-electron chi connectivity index (χ2n) is 4.78. The second-order valence-corrected chi connectivity index (χ2v) is 4.78. The Morgan fingerprint density at radius 2 is 2.00 bits per heavy atom. The van der Waals surface area contributed by atoms with E-state index in [0.29, 0.717) is 17.8 Å². The molecule has 2 saturated heterocycles. The summed E-state index contributed by atoms with van der Waals surface area (Å²) >= 11 is 0. The molecular weight excluding hydrogens is 188 g/mol. The lowest BCUT2D eigenvalue weighted by Crippen LogP contribution is -2.47. The summed E-state index contributed by atoms with van der Waals surface area (Å²) in [6.45, 7) is 0. The molecule has 3 unspecified atom stereocenters. The van der Waals surface area contributed by atoms with Gasteiger partial charge in [-0.15, -0.1) is 0 Å². The number of phenols is 1. The van der Waals surface area contributed by atoms with Crippen LogP contribution in [0.1, 0.15) is 24.8 Å². The Labute approximate surface area is 89.3 Å². The number of nitrogens with one attached hydrogen (secondary N) is 1. The van der Waals surface area contributed by atoms with Gasteiger partial charge in [-0.05, 0) is 37.0 Å². The highest BCUT2D eigenvalue weighted by Crippen LogP contribution is 2.41. The average Bonchev–Trinajstić information content (AvgIpc) is 2.78. The van der Waals surface area contributed by atoms with Crippen molar-refractivity contribution in [1.29, 1.82) is 0 Å². The van der Waals surface area contributed by atoms with Gasteiger partial charge < -0.3 is 16.2 Å². The van der Waals surface area contributed by atoms with E-state index in [2.05, 4.69) is 5.32 Å². The van der Waals surface area contributed by atoms with Gasteiger partial charge in [0.1, 0.15) is 5.75 Å². The van der Waals surface area contributed by atoms with Crippen LogP contribution in [0.4, 0.5) is 0 Å². The number of nitrogens with two attached hydrogens (primary N) is 1. The zero-order chi connectivity index (χ0) is 10.5. The Morgan fingerprint density at radius 1 is 1.27 bits per heavy atom. The van der Waals surface area contributed by atoms with Gasteiger partial charge in [0.25, 0.3) is 0 Å². The lowest BCUT2D eigenvalue weighted by atomic mass is 9.77. The number of phenolic OH excluding ortho intramolecular Hbond substituents is 1. The van der Waals surface area contributed by atoms with Crippen LogP contribution in [-0.4, -0.2) is 17.2 Å². The summed E-state index contributed by atoms with van der Waals surface area (Å²) in [5.74, 6) is 0.304. The summed E-state index contributed by atoms with van der Waals surface area (Å²) in [6, 6.07) is 8.32. The maximum atomic E-state index is 9.26. The fourth-order valence-corrected chi connectivity index (χ4v) is 3.03. The van der Waals surface area contributed by atoms with Gasteiger partial charge in [0.05, 0.1) is 5.54 Å². The minimum atomic E-state index is -0.226. The van der Waals surface area contributed by atoms with Gasteiger partial charge in [-0.3, -0.25) is 0 Å². The molecule has 80 valence electrons. The first kappa shape index (κ1) is 9.19. The molecule has 4 N–H and O–H groups in total. The van der Waals surface area contributed by atoms with E-state index in [9.17, 15) is 5.11 Å². The van der Waals surface area contributed by atoms with Crippen molar-refractivity contribution >= 4 is 0 Å². The van der Waals surface area contributed by atoms with Crippen molar-refractivity contribution in [2.75, 3.05) is 0 Å². The summed E-state index contributed by atoms with van der Waals surface area (Å²) in [7, 11) is 0. The fourth-order valence-electron chi connectivity index (χ4n) is 3.03. The van der Waals surface area contributed by atoms with Crippen LogP contribution in [0.3, 0.4) is 0 Å². The summed E-state index contributed by atoms with van der Waals surface area (Å²) < 4.78 is 0. The van der Waals surface area contributed by atoms with Crippen LogP contribution in [0.5, 0.6) is 5.75 Å². The van der Waals surface area contributed by atoms with E-state index >= 15 is 0 Å². The Balaban J connectivity index is 1.96. The van der Waals surface area contributed by atoms with Crippen molar-refractivity contribution in [1.82, 2.24) is 5.32 Å². The van der Waals surface area contributed by atoms with Crippen LogP contribution in [0.25, 0.3) is 0 Å². The first-order valence-corrected chi connectivity index (χ1v) is 5.53. The fraction of sp³-hybridized carbons (Fsp3) is 0.500. The molecule has 2 aliphatic heterocycles. The van der Waals surface area contributed by atoms with Gasteiger partial charge in [0.15, 0.2) is 0 Å². The highest BCUT2D eigenvalue weighted by atomic mass is 16.3. The predicted molar refractivity (Wildman–Crippen MR) is 58.5 cm³/mol. The van der Waals surface area contributed by atoms with Gasteiger partial charge in [0, 0.05) is 12.1 Å². The smallest absolute Gasteiger partial charge is 0.115 e. The number of rotatable bonds is 1. The van der Waals surface area contributed by atoms with Crippen molar-refractivity contribution in [3.05, 3.63) is 29.8 Å². The monoisotopic (exact) mass is 204 g/mol. The molecule has 0 radical (unpaired) electrons. The van der Waals surface area contributed by atoms with E-state index < -0.39 is 0 Å². The normalized spacial score (nSPS) is 38.5. The Morgan fingerprint density at radius 3 is 2.53 bits per heavy atom. The molecule has 3 heteroatoms. The number of hydrogen-bond donors (Lipinski definition) is 3. The SMILES string of the molecule is NC1(c2ccc(O)cc2)CC2CCC1N2. The van der Waals surface area contributed by atoms with Crippen LogP contribution in [0.2, 0.25) is 0 Å². The molecular formula is C12H16N2O. The highest BCUT2D eigenvalue weighted by molar-refractivity contribution is 5.34. The maximum absolute atomic E-state index is 9.26. The van der Waals surface area contributed by atoms with Gasteiger partial charge in [0.2, 0.25) is 0 Å². The number of aromatic hydroxyl groups is 1. The third-order valence-corrected chi connectivity index (χ3v) is 3.85. The predicted octanol–water partition coefficient (Wildman–Crippen LogP) is 1.07. The molecule has 1 aromatic carbocycles. The summed E-state index contributed by atoms with van der Waals surface area (Å²) in [5.41, 5.74) is 7.38. The van der Waals surface area contributed by atoms with Gasteiger partial charge >= 0.3 is 0 Å². The molecule has 2 aliphatic rings. The van der Waals surface area contributed by atoms with Gasteiger partial charge in [-0.25, -0.2) is 0 Å². The molecule has 3 nitrogen and oxygen atoms in total. The number of benzene rings is 1. The lowest BCUT2D eigenvalue weighted by Gasteiger charge is -2.33. The van der Waals surface area contributed by atoms with Gasteiger partial charge in [-0.2, -0.15) is 0 Å². The molecule has 3 rings (SSSR count). The minimum Gasteiger partial charge on any atom is -0.508 e. The third kappa shape index (κ3) is 1.27. The van der Waals surface area contributed by atoms with Crippen LogP contribution < -0.4 is 11.1 Å². The summed E-state index contributed by atoms with van der Waals surface area (Å²) in [4.78, 5) is 0. The van der Waals surface area contributed by atoms with Crippen molar-refractivity contribution in [2.24, 2.45) is 5.73 Å². The van der Waals surface area contributed by atoms with Crippen molar-refractivity contribution in [2.45, 2.75) is 36.9 Å². The van der Waals surface area contributed by atoms with Crippen molar-refractivity contribution in [3.8, 4) is 5.75 Å². The summed E-state index contributed by atoms with van der Waals surface area (Å²) in [6.07, 6.45) is 3.44. The minimum absolute atomic E-state index is 0.226. The number of hydrogen-bond acceptors (Lipinski definition) is 3. The molecule has 0 saturated carbocycles. The Kier molecular flexibility index (Phi) is 1.82. The largest absolute Gasteiger partial charge is 0.508 e. The van der Waals surface area contributed by atoms with E-state index in [1.54, 1.807) is 12.1 Å². The zero-order valence-corrected chi connectivity index (χ0v) is 8.61. The summed E-state index contributed by atoms with van der Waals surface area (Å²) in [5, 5.41) is 12.8. The van der Waals surface area contributed by atoms with Crippen LogP contribution in [0, 0.1) is 0 Å². The Hall–Kier alpha value is -1.06.